The molecule has 1 heterocycles. The van der Waals surface area contributed by atoms with Crippen molar-refractivity contribution in [3.8, 4) is 0 Å². The number of hydrogen-bond donors (Lipinski definition) is 2. The van der Waals surface area contributed by atoms with E-state index in [2.05, 4.69) is 17.3 Å². The van der Waals surface area contributed by atoms with Crippen LogP contribution in [0.25, 0.3) is 0 Å². The fraction of sp³-hybridized carbons (Fsp3) is 0.636. The van der Waals surface area contributed by atoms with Gasteiger partial charge in [0.05, 0.1) is 6.54 Å². The molecule has 0 aliphatic carbocycles. The number of hydrogen-bond acceptors (Lipinski definition) is 3. The van der Waals surface area contributed by atoms with Crippen LogP contribution < -0.4 is 5.32 Å². The van der Waals surface area contributed by atoms with Gasteiger partial charge in [0.25, 0.3) is 0 Å². The summed E-state index contributed by atoms with van der Waals surface area (Å²) in [5, 5.41) is 16.0. The van der Waals surface area contributed by atoms with Crippen LogP contribution in [0.15, 0.2) is 18.5 Å². The number of nitrogens with zero attached hydrogens (tertiary/aromatic N) is 2. The molecule has 1 aromatic heterocycles. The molecule has 5 heteroatoms. The largest absolute Gasteiger partial charge is 0.481 e. The average Bonchev–Trinajstić information content (AvgIpc) is 2.67. The van der Waals surface area contributed by atoms with E-state index in [9.17, 15) is 4.79 Å². The van der Waals surface area contributed by atoms with Crippen LogP contribution in [0.4, 0.5) is 0 Å². The van der Waals surface area contributed by atoms with Crippen molar-refractivity contribution in [1.82, 2.24) is 15.1 Å². The molecule has 1 aromatic rings. The fourth-order valence-electron chi connectivity index (χ4n) is 1.65. The Morgan fingerprint density at radius 2 is 2.25 bits per heavy atom. The topological polar surface area (TPSA) is 67.2 Å². The number of aromatic nitrogens is 2. The molecule has 0 spiro atoms. The SMILES string of the molecule is CC(CCC(=O)O)NC(C)Cn1cccn1. The molecule has 0 amide bonds. The fourth-order valence-corrected chi connectivity index (χ4v) is 1.65. The Hall–Kier alpha value is -1.36. The molecular weight excluding hydrogens is 206 g/mol. The van der Waals surface area contributed by atoms with Gasteiger partial charge in [-0.15, -0.1) is 0 Å². The maximum absolute atomic E-state index is 10.4. The van der Waals surface area contributed by atoms with Crippen LogP contribution in [0.5, 0.6) is 0 Å². The summed E-state index contributed by atoms with van der Waals surface area (Å²) in [5.41, 5.74) is 0. The normalized spacial score (nSPS) is 14.6. The molecule has 0 aromatic carbocycles. The summed E-state index contributed by atoms with van der Waals surface area (Å²) in [6.07, 6.45) is 4.53. The Labute approximate surface area is 95.5 Å². The molecule has 2 atom stereocenters. The highest BCUT2D eigenvalue weighted by atomic mass is 16.4. The summed E-state index contributed by atoms with van der Waals surface area (Å²) in [6.45, 7) is 4.87. The van der Waals surface area contributed by atoms with E-state index < -0.39 is 5.97 Å². The Morgan fingerprint density at radius 1 is 1.50 bits per heavy atom. The lowest BCUT2D eigenvalue weighted by atomic mass is 10.1. The van der Waals surface area contributed by atoms with Gasteiger partial charge in [-0.1, -0.05) is 0 Å². The van der Waals surface area contributed by atoms with Gasteiger partial charge >= 0.3 is 5.97 Å². The van der Waals surface area contributed by atoms with Crippen molar-refractivity contribution in [3.63, 3.8) is 0 Å². The van der Waals surface area contributed by atoms with Crippen LogP contribution in [0.1, 0.15) is 26.7 Å². The first-order chi connectivity index (χ1) is 7.58. The number of carboxylic acids is 1. The summed E-state index contributed by atoms with van der Waals surface area (Å²) in [7, 11) is 0. The molecule has 16 heavy (non-hydrogen) atoms. The first kappa shape index (κ1) is 12.7. The summed E-state index contributed by atoms with van der Waals surface area (Å²) in [5.74, 6) is -0.742. The lowest BCUT2D eigenvalue weighted by molar-refractivity contribution is -0.137. The monoisotopic (exact) mass is 225 g/mol. The molecule has 0 bridgehead atoms. The zero-order valence-electron chi connectivity index (χ0n) is 9.76. The van der Waals surface area contributed by atoms with Crippen LogP contribution in [0, 0.1) is 0 Å². The quantitative estimate of drug-likeness (QED) is 0.729. The van der Waals surface area contributed by atoms with E-state index in [0.717, 1.165) is 6.54 Å². The van der Waals surface area contributed by atoms with Gasteiger partial charge in [-0.05, 0) is 26.3 Å². The van der Waals surface area contributed by atoms with E-state index in [1.807, 2.05) is 23.9 Å². The minimum atomic E-state index is -0.742. The Bertz CT molecular complexity index is 311. The number of carbonyl (C=O) groups is 1. The zero-order chi connectivity index (χ0) is 12.0. The second-order valence-electron chi connectivity index (χ2n) is 4.13. The zero-order valence-corrected chi connectivity index (χ0v) is 9.76. The standard InChI is InChI=1S/C11H19N3O2/c1-9(4-5-11(15)16)13-10(2)8-14-7-3-6-12-14/h3,6-7,9-10,13H,4-5,8H2,1-2H3,(H,15,16). The first-order valence-electron chi connectivity index (χ1n) is 5.53. The number of nitrogens with one attached hydrogen (secondary N) is 1. The molecule has 90 valence electrons. The third kappa shape index (κ3) is 4.93. The second kappa shape index (κ2) is 6.27. The summed E-state index contributed by atoms with van der Waals surface area (Å²) in [6, 6.07) is 2.38. The molecule has 0 radical (unpaired) electrons. The van der Waals surface area contributed by atoms with E-state index in [1.54, 1.807) is 6.20 Å². The second-order valence-corrected chi connectivity index (χ2v) is 4.13. The predicted octanol–water partition coefficient (Wildman–Crippen LogP) is 1.11. The molecule has 0 aliphatic rings. The highest BCUT2D eigenvalue weighted by Gasteiger charge is 2.09. The molecule has 5 nitrogen and oxygen atoms in total. The Kier molecular flexibility index (Phi) is 4.98. The van der Waals surface area contributed by atoms with Gasteiger partial charge < -0.3 is 10.4 Å². The minimum absolute atomic E-state index is 0.210. The van der Waals surface area contributed by atoms with E-state index in [0.29, 0.717) is 6.42 Å². The smallest absolute Gasteiger partial charge is 0.303 e. The van der Waals surface area contributed by atoms with Crippen molar-refractivity contribution < 1.29 is 9.90 Å². The van der Waals surface area contributed by atoms with E-state index in [4.69, 9.17) is 5.11 Å². The lowest BCUT2D eigenvalue weighted by Gasteiger charge is -2.19. The van der Waals surface area contributed by atoms with Gasteiger partial charge in [-0.25, -0.2) is 0 Å². The molecule has 0 aliphatic heterocycles. The lowest BCUT2D eigenvalue weighted by Crippen LogP contribution is -2.37. The maximum Gasteiger partial charge on any atom is 0.303 e. The van der Waals surface area contributed by atoms with Crippen molar-refractivity contribution in [2.75, 3.05) is 0 Å². The van der Waals surface area contributed by atoms with Crippen LogP contribution in [0.2, 0.25) is 0 Å². The van der Waals surface area contributed by atoms with Gasteiger partial charge in [0.15, 0.2) is 0 Å². The van der Waals surface area contributed by atoms with E-state index in [1.165, 1.54) is 0 Å². The van der Waals surface area contributed by atoms with Crippen LogP contribution in [0.3, 0.4) is 0 Å². The van der Waals surface area contributed by atoms with Gasteiger partial charge in [-0.2, -0.15) is 5.10 Å². The Morgan fingerprint density at radius 3 is 2.81 bits per heavy atom. The summed E-state index contributed by atoms with van der Waals surface area (Å²) in [4.78, 5) is 10.4. The molecule has 2 N–H and O–H groups in total. The summed E-state index contributed by atoms with van der Waals surface area (Å²) < 4.78 is 1.86. The number of carboxylic acid groups (broad SMARTS) is 1. The van der Waals surface area contributed by atoms with Crippen molar-refractivity contribution in [3.05, 3.63) is 18.5 Å². The van der Waals surface area contributed by atoms with Gasteiger partial charge in [-0.3, -0.25) is 9.48 Å². The Balaban J connectivity index is 2.22. The van der Waals surface area contributed by atoms with Crippen molar-refractivity contribution in [2.24, 2.45) is 0 Å². The molecule has 0 saturated carbocycles. The van der Waals surface area contributed by atoms with E-state index >= 15 is 0 Å². The van der Waals surface area contributed by atoms with Gasteiger partial charge in [0.2, 0.25) is 0 Å². The highest BCUT2D eigenvalue weighted by molar-refractivity contribution is 5.66. The van der Waals surface area contributed by atoms with Gasteiger partial charge in [0, 0.05) is 30.9 Å². The molecule has 1 rings (SSSR count). The predicted molar refractivity (Wildman–Crippen MR) is 61.2 cm³/mol. The molecule has 0 fully saturated rings. The first-order valence-corrected chi connectivity index (χ1v) is 5.53. The molecule has 2 unspecified atom stereocenters. The van der Waals surface area contributed by atoms with Crippen molar-refractivity contribution in [2.45, 2.75) is 45.3 Å². The van der Waals surface area contributed by atoms with Crippen LogP contribution >= 0.6 is 0 Å². The van der Waals surface area contributed by atoms with Crippen molar-refractivity contribution >= 4 is 5.97 Å². The number of aliphatic carboxylic acids is 1. The summed E-state index contributed by atoms with van der Waals surface area (Å²) >= 11 is 0. The highest BCUT2D eigenvalue weighted by Crippen LogP contribution is 1.99. The van der Waals surface area contributed by atoms with Gasteiger partial charge in [0.1, 0.15) is 0 Å². The third-order valence-corrected chi connectivity index (χ3v) is 2.38. The van der Waals surface area contributed by atoms with E-state index in [-0.39, 0.29) is 18.5 Å². The molecule has 0 saturated heterocycles. The average molecular weight is 225 g/mol. The third-order valence-electron chi connectivity index (χ3n) is 2.38. The van der Waals surface area contributed by atoms with Crippen LogP contribution in [-0.2, 0) is 11.3 Å². The minimum Gasteiger partial charge on any atom is -0.481 e. The molecular formula is C11H19N3O2. The van der Waals surface area contributed by atoms with Crippen LogP contribution in [-0.4, -0.2) is 32.9 Å². The van der Waals surface area contributed by atoms with Crippen molar-refractivity contribution in [1.29, 1.82) is 0 Å². The number of rotatable bonds is 7. The maximum atomic E-state index is 10.4.